The molecular formula is C28H35FN8. The lowest BCUT2D eigenvalue weighted by molar-refractivity contribution is 0.411. The van der Waals surface area contributed by atoms with E-state index in [1.54, 1.807) is 12.1 Å². The molecule has 9 heteroatoms. The van der Waals surface area contributed by atoms with Gasteiger partial charge in [0.2, 0.25) is 11.8 Å². The molecule has 2 aromatic carbocycles. The van der Waals surface area contributed by atoms with Gasteiger partial charge in [-0.25, -0.2) is 4.39 Å². The molecule has 37 heavy (non-hydrogen) atoms. The quantitative estimate of drug-likeness (QED) is 0.175. The highest BCUT2D eigenvalue weighted by atomic mass is 19.1. The minimum atomic E-state index is -0.280. The van der Waals surface area contributed by atoms with Gasteiger partial charge in [-0.05, 0) is 55.8 Å². The normalized spacial score (nSPS) is 14.3. The SMILES string of the molecule is C=Nc1c(N=NCc2ccc(F)cc2)nc(NCc2ccccc2)nc1N1CCC(NCCCC)CC1. The molecule has 1 aliphatic rings. The molecule has 0 atom stereocenters. The fourth-order valence-corrected chi connectivity index (χ4v) is 4.27. The maximum absolute atomic E-state index is 13.2. The van der Waals surface area contributed by atoms with Crippen LogP contribution in [0.25, 0.3) is 0 Å². The number of anilines is 2. The summed E-state index contributed by atoms with van der Waals surface area (Å²) in [5.74, 6) is 1.26. The number of aliphatic imine (C=N–C) groups is 1. The van der Waals surface area contributed by atoms with Crippen molar-refractivity contribution in [2.75, 3.05) is 29.9 Å². The fourth-order valence-electron chi connectivity index (χ4n) is 4.27. The van der Waals surface area contributed by atoms with Crippen molar-refractivity contribution >= 4 is 30.0 Å². The molecule has 1 fully saturated rings. The Morgan fingerprint density at radius 3 is 2.49 bits per heavy atom. The molecule has 4 rings (SSSR count). The molecule has 8 nitrogen and oxygen atoms in total. The molecular weight excluding hydrogens is 467 g/mol. The van der Waals surface area contributed by atoms with Gasteiger partial charge < -0.3 is 15.5 Å². The highest BCUT2D eigenvalue weighted by molar-refractivity contribution is 5.76. The van der Waals surface area contributed by atoms with Gasteiger partial charge in [0.15, 0.2) is 11.5 Å². The van der Waals surface area contributed by atoms with Crippen molar-refractivity contribution in [3.63, 3.8) is 0 Å². The topological polar surface area (TPSA) is 90.2 Å². The Morgan fingerprint density at radius 1 is 1.03 bits per heavy atom. The predicted molar refractivity (Wildman–Crippen MR) is 148 cm³/mol. The maximum Gasteiger partial charge on any atom is 0.227 e. The zero-order chi connectivity index (χ0) is 25.9. The third-order valence-corrected chi connectivity index (χ3v) is 6.39. The number of hydrogen-bond acceptors (Lipinski definition) is 8. The Hall–Kier alpha value is -3.72. The molecule has 0 unspecified atom stereocenters. The van der Waals surface area contributed by atoms with Crippen molar-refractivity contribution < 1.29 is 4.39 Å². The fraction of sp³-hybridized carbons (Fsp3) is 0.393. The number of unbranched alkanes of at least 4 members (excludes halogenated alkanes) is 1. The first kappa shape index (κ1) is 26.3. The minimum absolute atomic E-state index is 0.280. The Labute approximate surface area is 218 Å². The molecule has 0 amide bonds. The van der Waals surface area contributed by atoms with Crippen molar-refractivity contribution in [2.24, 2.45) is 15.2 Å². The molecule has 0 aliphatic carbocycles. The van der Waals surface area contributed by atoms with Crippen LogP contribution in [-0.2, 0) is 13.1 Å². The number of benzene rings is 2. The molecule has 0 bridgehead atoms. The van der Waals surface area contributed by atoms with E-state index in [2.05, 4.69) is 49.4 Å². The van der Waals surface area contributed by atoms with Crippen LogP contribution in [0.15, 0.2) is 69.8 Å². The van der Waals surface area contributed by atoms with Gasteiger partial charge in [-0.3, -0.25) is 4.99 Å². The van der Waals surface area contributed by atoms with E-state index in [0.717, 1.165) is 43.6 Å². The van der Waals surface area contributed by atoms with Crippen LogP contribution < -0.4 is 15.5 Å². The highest BCUT2D eigenvalue weighted by Crippen LogP contribution is 2.37. The molecule has 1 aromatic heterocycles. The summed E-state index contributed by atoms with van der Waals surface area (Å²) in [7, 11) is 0. The van der Waals surface area contributed by atoms with Gasteiger partial charge in [-0.15, -0.1) is 5.11 Å². The Morgan fingerprint density at radius 2 is 1.78 bits per heavy atom. The van der Waals surface area contributed by atoms with Crippen LogP contribution in [0.5, 0.6) is 0 Å². The monoisotopic (exact) mass is 502 g/mol. The van der Waals surface area contributed by atoms with Gasteiger partial charge in [-0.2, -0.15) is 15.1 Å². The summed E-state index contributed by atoms with van der Waals surface area (Å²) in [4.78, 5) is 15.9. The maximum atomic E-state index is 13.2. The number of rotatable bonds is 12. The number of azo groups is 1. The van der Waals surface area contributed by atoms with E-state index in [-0.39, 0.29) is 5.82 Å². The second kappa shape index (κ2) is 13.5. The van der Waals surface area contributed by atoms with Crippen LogP contribution in [0.4, 0.5) is 27.7 Å². The average molecular weight is 503 g/mol. The summed E-state index contributed by atoms with van der Waals surface area (Å²) in [6.07, 6.45) is 4.44. The van der Waals surface area contributed by atoms with Crippen molar-refractivity contribution in [1.82, 2.24) is 15.3 Å². The number of nitrogens with zero attached hydrogens (tertiary/aromatic N) is 6. The van der Waals surface area contributed by atoms with Crippen LogP contribution >= 0.6 is 0 Å². The summed E-state index contributed by atoms with van der Waals surface area (Å²) < 4.78 is 13.2. The van der Waals surface area contributed by atoms with E-state index < -0.39 is 0 Å². The molecule has 194 valence electrons. The van der Waals surface area contributed by atoms with E-state index in [4.69, 9.17) is 4.98 Å². The molecule has 1 aliphatic heterocycles. The zero-order valence-corrected chi connectivity index (χ0v) is 21.4. The second-order valence-corrected chi connectivity index (χ2v) is 9.14. The minimum Gasteiger partial charge on any atom is -0.354 e. The van der Waals surface area contributed by atoms with Crippen LogP contribution in [0.2, 0.25) is 0 Å². The molecule has 2 N–H and O–H groups in total. The van der Waals surface area contributed by atoms with Crippen molar-refractivity contribution in [1.29, 1.82) is 0 Å². The lowest BCUT2D eigenvalue weighted by atomic mass is 10.0. The average Bonchev–Trinajstić information content (AvgIpc) is 2.94. The predicted octanol–water partition coefficient (Wildman–Crippen LogP) is 6.20. The lowest BCUT2D eigenvalue weighted by Crippen LogP contribution is -2.43. The van der Waals surface area contributed by atoms with Gasteiger partial charge >= 0.3 is 0 Å². The smallest absolute Gasteiger partial charge is 0.227 e. The Balaban J connectivity index is 1.55. The van der Waals surface area contributed by atoms with Gasteiger partial charge in [0, 0.05) is 25.7 Å². The van der Waals surface area contributed by atoms with Crippen molar-refractivity contribution in [2.45, 2.75) is 51.7 Å². The first-order valence-corrected chi connectivity index (χ1v) is 12.9. The van der Waals surface area contributed by atoms with Gasteiger partial charge in [-0.1, -0.05) is 55.8 Å². The van der Waals surface area contributed by atoms with Crippen LogP contribution in [0, 0.1) is 5.82 Å². The first-order valence-electron chi connectivity index (χ1n) is 12.9. The summed E-state index contributed by atoms with van der Waals surface area (Å²) >= 11 is 0. The van der Waals surface area contributed by atoms with Crippen molar-refractivity contribution in [3.05, 3.63) is 71.5 Å². The second-order valence-electron chi connectivity index (χ2n) is 9.14. The Kier molecular flexibility index (Phi) is 9.65. The summed E-state index contributed by atoms with van der Waals surface area (Å²) in [5.41, 5.74) is 2.50. The third-order valence-electron chi connectivity index (χ3n) is 6.39. The van der Waals surface area contributed by atoms with Gasteiger partial charge in [0.1, 0.15) is 5.82 Å². The zero-order valence-electron chi connectivity index (χ0n) is 21.4. The van der Waals surface area contributed by atoms with Gasteiger partial charge in [0.05, 0.1) is 6.54 Å². The van der Waals surface area contributed by atoms with Crippen LogP contribution in [0.3, 0.4) is 0 Å². The van der Waals surface area contributed by atoms with Crippen molar-refractivity contribution in [3.8, 4) is 0 Å². The van der Waals surface area contributed by atoms with E-state index in [0.29, 0.717) is 42.4 Å². The van der Waals surface area contributed by atoms with E-state index >= 15 is 0 Å². The molecule has 0 spiro atoms. The number of aromatic nitrogens is 2. The molecule has 3 aromatic rings. The number of hydrogen-bond donors (Lipinski definition) is 2. The van der Waals surface area contributed by atoms with Crippen LogP contribution in [0.1, 0.15) is 43.7 Å². The van der Waals surface area contributed by atoms with Gasteiger partial charge in [0.25, 0.3) is 0 Å². The van der Waals surface area contributed by atoms with E-state index in [9.17, 15) is 4.39 Å². The highest BCUT2D eigenvalue weighted by Gasteiger charge is 2.24. The lowest BCUT2D eigenvalue weighted by Gasteiger charge is -2.34. The number of halogens is 1. The molecule has 0 radical (unpaired) electrons. The van der Waals surface area contributed by atoms with E-state index in [1.807, 2.05) is 30.3 Å². The molecule has 2 heterocycles. The summed E-state index contributed by atoms with van der Waals surface area (Å²) in [5, 5.41) is 15.7. The number of piperidine rings is 1. The largest absolute Gasteiger partial charge is 0.354 e. The summed E-state index contributed by atoms with van der Waals surface area (Å²) in [6.45, 7) is 9.64. The molecule has 0 saturated carbocycles. The Bertz CT molecular complexity index is 1160. The molecule has 1 saturated heterocycles. The number of nitrogens with one attached hydrogen (secondary N) is 2. The standard InChI is InChI=1S/C28H35FN8/c1-3-4-16-31-24-14-17-37(18-15-24)27-25(30-2)26(36-33-20-22-10-12-23(29)13-11-22)34-28(35-27)32-19-21-8-6-5-7-9-21/h5-13,24,31H,2-4,14-20H2,1H3,(H,32,34,35). The summed E-state index contributed by atoms with van der Waals surface area (Å²) in [6, 6.07) is 16.8. The first-order chi connectivity index (χ1) is 18.2. The van der Waals surface area contributed by atoms with E-state index in [1.165, 1.54) is 25.0 Å². The van der Waals surface area contributed by atoms with Crippen LogP contribution in [-0.4, -0.2) is 42.4 Å². The third kappa shape index (κ3) is 7.63.